The first-order valence-electron chi connectivity index (χ1n) is 4.76. The minimum Gasteiger partial charge on any atom is -0.240 e. The third kappa shape index (κ3) is 6.42. The summed E-state index contributed by atoms with van der Waals surface area (Å²) in [6, 6.07) is 6.46. The van der Waals surface area contributed by atoms with E-state index in [1.165, 1.54) is 18.2 Å². The quantitative estimate of drug-likeness (QED) is 0.527. The lowest BCUT2D eigenvalue weighted by atomic mass is 10.1. The Morgan fingerprint density at radius 2 is 1.21 bits per heavy atom. The number of halogens is 7. The van der Waals surface area contributed by atoms with Crippen molar-refractivity contribution in [1.82, 2.24) is 0 Å². The number of benzene rings is 1. The van der Waals surface area contributed by atoms with E-state index in [4.69, 9.17) is 0 Å². The van der Waals surface area contributed by atoms with Crippen LogP contribution in [0.25, 0.3) is 0 Å². The number of alkyl halides is 7. The maximum absolute atomic E-state index is 13.8. The number of hydrogen-bond donors (Lipinski definition) is 0. The van der Waals surface area contributed by atoms with Crippen molar-refractivity contribution in [3.63, 3.8) is 0 Å². The lowest BCUT2D eigenvalue weighted by Gasteiger charge is -2.22. The molecule has 0 fully saturated rings. The highest BCUT2D eigenvalue weighted by Crippen LogP contribution is 2.50. The first-order valence-corrected chi connectivity index (χ1v) is 6.52. The third-order valence-corrected chi connectivity index (χ3v) is 3.91. The molecule has 108 valence electrons. The van der Waals surface area contributed by atoms with E-state index in [9.17, 15) is 30.7 Å². The molecule has 1 aromatic rings. The van der Waals surface area contributed by atoms with Gasteiger partial charge in [0.2, 0.25) is 0 Å². The Morgan fingerprint density at radius 3 is 1.58 bits per heavy atom. The molecular weight excluding hydrogens is 317 g/mol. The zero-order valence-electron chi connectivity index (χ0n) is 9.00. The Morgan fingerprint density at radius 1 is 0.789 bits per heavy atom. The highest BCUT2D eigenvalue weighted by Gasteiger charge is 2.44. The largest absolute Gasteiger partial charge is 0.443 e. The normalized spacial score (nSPS) is 14.7. The fraction of sp³-hybridized carbons (Fsp3) is 0.400. The molecule has 0 saturated carbocycles. The van der Waals surface area contributed by atoms with Crippen molar-refractivity contribution in [2.75, 3.05) is 0 Å². The molecule has 0 aliphatic rings. The average molecular weight is 324 g/mol. The van der Waals surface area contributed by atoms with E-state index in [1.807, 2.05) is 0 Å². The Balaban J connectivity index is 2.90. The number of hydrogen-bond acceptors (Lipinski definition) is 2. The van der Waals surface area contributed by atoms with Gasteiger partial charge in [-0.15, -0.1) is 0 Å². The van der Waals surface area contributed by atoms with Gasteiger partial charge in [-0.1, -0.05) is 30.3 Å². The Bertz CT molecular complexity index is 371. The highest BCUT2D eigenvalue weighted by atomic mass is 32.2. The van der Waals surface area contributed by atoms with Crippen LogP contribution in [0, 0.1) is 0 Å². The Hall–Kier alpha value is -0.570. The molecule has 1 aromatic carbocycles. The van der Waals surface area contributed by atoms with Crippen molar-refractivity contribution < 1.29 is 30.7 Å². The summed E-state index contributed by atoms with van der Waals surface area (Å²) in [6.45, 7) is 0. The highest BCUT2D eigenvalue weighted by molar-refractivity contribution is 8.17. The van der Waals surface area contributed by atoms with Gasteiger partial charge in [-0.05, 0) is 29.1 Å². The molecule has 0 bridgehead atoms. The van der Waals surface area contributed by atoms with E-state index in [0.29, 0.717) is 0 Å². The number of thioether (sulfide) groups is 2. The first-order chi connectivity index (χ1) is 8.58. The molecule has 0 radical (unpaired) electrons. The monoisotopic (exact) mass is 324 g/mol. The minimum atomic E-state index is -4.94. The minimum absolute atomic E-state index is 0.221. The van der Waals surface area contributed by atoms with E-state index >= 15 is 0 Å². The topological polar surface area (TPSA) is 0 Å². The van der Waals surface area contributed by atoms with Crippen LogP contribution in [0.15, 0.2) is 30.3 Å². The summed E-state index contributed by atoms with van der Waals surface area (Å²) in [6.07, 6.45) is -2.38. The van der Waals surface area contributed by atoms with E-state index in [-0.39, 0.29) is 5.56 Å². The Labute approximate surface area is 112 Å². The summed E-state index contributed by atoms with van der Waals surface area (Å²) in [5.41, 5.74) is -10.1. The van der Waals surface area contributed by atoms with Crippen LogP contribution in [0.3, 0.4) is 0 Å². The maximum atomic E-state index is 13.8. The smallest absolute Gasteiger partial charge is 0.240 e. The second-order valence-corrected chi connectivity index (χ2v) is 6.02. The van der Waals surface area contributed by atoms with Crippen molar-refractivity contribution in [2.24, 2.45) is 0 Å². The van der Waals surface area contributed by atoms with Crippen molar-refractivity contribution in [1.29, 1.82) is 0 Å². The van der Waals surface area contributed by atoms with Gasteiger partial charge >= 0.3 is 11.0 Å². The van der Waals surface area contributed by atoms with Gasteiger partial charge in [0.05, 0.1) is 0 Å². The molecule has 1 atom stereocenters. The number of rotatable bonds is 4. The molecule has 1 unspecified atom stereocenters. The summed E-state index contributed by atoms with van der Waals surface area (Å²) >= 11 is -2.00. The summed E-state index contributed by atoms with van der Waals surface area (Å²) in [5.74, 6) is 0. The van der Waals surface area contributed by atoms with E-state index in [0.717, 1.165) is 12.1 Å². The van der Waals surface area contributed by atoms with Gasteiger partial charge in [0.25, 0.3) is 0 Å². The van der Waals surface area contributed by atoms with Gasteiger partial charge < -0.3 is 0 Å². The molecule has 0 aliphatic heterocycles. The van der Waals surface area contributed by atoms with Crippen LogP contribution in [0.1, 0.15) is 11.7 Å². The molecule has 0 aromatic heterocycles. The molecule has 0 N–H and O–H groups in total. The molecular formula is C10H7F7S2. The van der Waals surface area contributed by atoms with E-state index in [2.05, 4.69) is 0 Å². The van der Waals surface area contributed by atoms with Crippen molar-refractivity contribution >= 4 is 23.5 Å². The zero-order chi connectivity index (χ0) is 14.7. The second kappa shape index (κ2) is 6.25. The molecule has 0 saturated heterocycles. The predicted molar refractivity (Wildman–Crippen MR) is 61.4 cm³/mol. The summed E-state index contributed by atoms with van der Waals surface area (Å²) < 4.78 is 84.5. The fourth-order valence-corrected chi connectivity index (χ4v) is 3.13. The second-order valence-electron chi connectivity index (χ2n) is 3.31. The van der Waals surface area contributed by atoms with Gasteiger partial charge in [0.1, 0.15) is 10.8 Å². The molecule has 0 nitrogen and oxygen atoms in total. The van der Waals surface area contributed by atoms with Crippen LogP contribution in [-0.2, 0) is 0 Å². The van der Waals surface area contributed by atoms with Crippen molar-refractivity contribution in [3.8, 4) is 0 Å². The van der Waals surface area contributed by atoms with Crippen molar-refractivity contribution in [2.45, 2.75) is 21.8 Å². The maximum Gasteiger partial charge on any atom is 0.443 e. The molecule has 1 rings (SSSR count). The van der Waals surface area contributed by atoms with E-state index < -0.39 is 45.3 Å². The first kappa shape index (κ1) is 16.5. The SMILES string of the molecule is FC(c1ccccc1)C(SC(F)(F)F)SC(F)(F)F. The van der Waals surface area contributed by atoms with Gasteiger partial charge in [0, 0.05) is 0 Å². The third-order valence-electron chi connectivity index (χ3n) is 1.86. The van der Waals surface area contributed by atoms with Crippen LogP contribution in [0.2, 0.25) is 0 Å². The van der Waals surface area contributed by atoms with Gasteiger partial charge in [-0.3, -0.25) is 0 Å². The van der Waals surface area contributed by atoms with Crippen LogP contribution in [0.4, 0.5) is 30.7 Å². The molecule has 0 aliphatic carbocycles. The summed E-state index contributed by atoms with van der Waals surface area (Å²) in [5, 5.41) is 0. The van der Waals surface area contributed by atoms with Gasteiger partial charge in [-0.25, -0.2) is 4.39 Å². The van der Waals surface area contributed by atoms with Crippen molar-refractivity contribution in [3.05, 3.63) is 35.9 Å². The molecule has 0 heterocycles. The van der Waals surface area contributed by atoms with Gasteiger partial charge in [-0.2, -0.15) is 26.3 Å². The van der Waals surface area contributed by atoms with E-state index in [1.54, 1.807) is 0 Å². The van der Waals surface area contributed by atoms with Crippen LogP contribution < -0.4 is 0 Å². The lowest BCUT2D eigenvalue weighted by Crippen LogP contribution is -2.19. The lowest BCUT2D eigenvalue weighted by molar-refractivity contribution is -0.0353. The van der Waals surface area contributed by atoms with Crippen LogP contribution in [0.5, 0.6) is 0 Å². The zero-order valence-corrected chi connectivity index (χ0v) is 10.6. The predicted octanol–water partition coefficient (Wildman–Crippen LogP) is 5.53. The standard InChI is InChI=1S/C10H7F7S2/c11-7(6-4-2-1-3-5-6)8(18-9(12,13)14)19-10(15,16)17/h1-5,7-8H. The summed E-state index contributed by atoms with van der Waals surface area (Å²) in [7, 11) is 0. The molecule has 0 amide bonds. The molecule has 19 heavy (non-hydrogen) atoms. The Kier molecular flexibility index (Phi) is 5.43. The van der Waals surface area contributed by atoms with Gasteiger partial charge in [0.15, 0.2) is 0 Å². The fourth-order valence-electron chi connectivity index (χ4n) is 1.20. The van der Waals surface area contributed by atoms with Crippen LogP contribution >= 0.6 is 23.5 Å². The average Bonchev–Trinajstić information content (AvgIpc) is 2.24. The molecule has 0 spiro atoms. The van der Waals surface area contributed by atoms with Crippen LogP contribution in [-0.4, -0.2) is 15.6 Å². The summed E-state index contributed by atoms with van der Waals surface area (Å²) in [4.78, 5) is 0. The molecule has 9 heteroatoms.